The minimum Gasteiger partial charge on any atom is -0.444 e. The van der Waals surface area contributed by atoms with Crippen LogP contribution in [0.2, 0.25) is 0 Å². The summed E-state index contributed by atoms with van der Waals surface area (Å²) >= 11 is 0. The number of rotatable bonds is 6. The summed E-state index contributed by atoms with van der Waals surface area (Å²) in [6, 6.07) is 12.4. The molecule has 2 rings (SSSR count). The summed E-state index contributed by atoms with van der Waals surface area (Å²) in [5, 5.41) is 3.79. The van der Waals surface area contributed by atoms with Gasteiger partial charge in [0.2, 0.25) is 0 Å². The predicted octanol–water partition coefficient (Wildman–Crippen LogP) is 4.14. The zero-order chi connectivity index (χ0) is 19.8. The standard InChI is InChI=1S/C21H24N2O4/c1-6-8-20(27-19-12-11-15(2)16(3)13-19)26-18-10-7-9-17(14-18)22-21(24)23(4)25-5/h7,9-14,20H,1-5H3,(H,22,24). The Labute approximate surface area is 160 Å². The number of carbonyl (C=O) groups is 1. The van der Waals surface area contributed by atoms with Gasteiger partial charge in [-0.25, -0.2) is 9.86 Å². The van der Waals surface area contributed by atoms with Crippen LogP contribution in [0.25, 0.3) is 0 Å². The van der Waals surface area contributed by atoms with Crippen molar-refractivity contribution < 1.29 is 19.1 Å². The van der Waals surface area contributed by atoms with Crippen molar-refractivity contribution in [2.45, 2.75) is 27.1 Å². The third-order valence-electron chi connectivity index (χ3n) is 3.87. The molecule has 1 atom stereocenters. The Balaban J connectivity index is 2.11. The average Bonchev–Trinajstić information content (AvgIpc) is 2.64. The van der Waals surface area contributed by atoms with Crippen molar-refractivity contribution in [3.8, 4) is 23.3 Å². The largest absolute Gasteiger partial charge is 0.444 e. The third kappa shape index (κ3) is 5.94. The van der Waals surface area contributed by atoms with Gasteiger partial charge in [0, 0.05) is 18.8 Å². The van der Waals surface area contributed by atoms with Crippen molar-refractivity contribution in [1.82, 2.24) is 5.06 Å². The van der Waals surface area contributed by atoms with E-state index in [0.29, 0.717) is 17.2 Å². The topological polar surface area (TPSA) is 60.0 Å². The van der Waals surface area contributed by atoms with Crippen LogP contribution in [0.3, 0.4) is 0 Å². The Morgan fingerprint density at radius 3 is 2.41 bits per heavy atom. The summed E-state index contributed by atoms with van der Waals surface area (Å²) < 4.78 is 11.7. The first-order valence-electron chi connectivity index (χ1n) is 8.44. The van der Waals surface area contributed by atoms with Crippen LogP contribution in [0.15, 0.2) is 42.5 Å². The van der Waals surface area contributed by atoms with Crippen LogP contribution < -0.4 is 14.8 Å². The van der Waals surface area contributed by atoms with E-state index in [9.17, 15) is 4.79 Å². The summed E-state index contributed by atoms with van der Waals surface area (Å²) in [7, 11) is 2.93. The fraction of sp³-hybridized carbons (Fsp3) is 0.286. The van der Waals surface area contributed by atoms with Crippen molar-refractivity contribution in [3.05, 3.63) is 53.6 Å². The maximum absolute atomic E-state index is 11.9. The molecule has 1 N–H and O–H groups in total. The Hall–Kier alpha value is -3.17. The zero-order valence-corrected chi connectivity index (χ0v) is 16.2. The molecule has 0 heterocycles. The molecule has 2 amide bonds. The third-order valence-corrected chi connectivity index (χ3v) is 3.87. The second kappa shape index (κ2) is 9.51. The molecule has 0 aliphatic rings. The van der Waals surface area contributed by atoms with E-state index in [1.807, 2.05) is 32.0 Å². The highest BCUT2D eigenvalue weighted by Gasteiger charge is 2.12. The lowest BCUT2D eigenvalue weighted by molar-refractivity contribution is -0.0598. The fourth-order valence-corrected chi connectivity index (χ4v) is 2.17. The van der Waals surface area contributed by atoms with Crippen molar-refractivity contribution in [2.24, 2.45) is 0 Å². The van der Waals surface area contributed by atoms with E-state index in [4.69, 9.17) is 14.3 Å². The van der Waals surface area contributed by atoms with Crippen LogP contribution in [0.1, 0.15) is 18.1 Å². The highest BCUT2D eigenvalue weighted by Crippen LogP contribution is 2.22. The lowest BCUT2D eigenvalue weighted by atomic mass is 10.1. The van der Waals surface area contributed by atoms with E-state index in [-0.39, 0.29) is 0 Å². The number of nitrogens with one attached hydrogen (secondary N) is 1. The van der Waals surface area contributed by atoms with Crippen LogP contribution in [0.5, 0.6) is 11.5 Å². The SMILES string of the molecule is CC#CC(Oc1cccc(NC(=O)N(C)OC)c1)Oc1ccc(C)c(C)c1. The molecular formula is C21H24N2O4. The van der Waals surface area contributed by atoms with Crippen LogP contribution in [0, 0.1) is 25.7 Å². The molecule has 0 aromatic heterocycles. The smallest absolute Gasteiger partial charge is 0.345 e. The number of hydrogen-bond acceptors (Lipinski definition) is 4. The molecule has 2 aromatic rings. The van der Waals surface area contributed by atoms with E-state index >= 15 is 0 Å². The summed E-state index contributed by atoms with van der Waals surface area (Å²) in [6.45, 7) is 5.78. The van der Waals surface area contributed by atoms with Crippen molar-refractivity contribution >= 4 is 11.7 Å². The lowest BCUT2D eigenvalue weighted by Gasteiger charge is -2.18. The molecule has 0 bridgehead atoms. The number of aryl methyl sites for hydroxylation is 2. The number of carbonyl (C=O) groups excluding carboxylic acids is 1. The number of urea groups is 1. The molecule has 0 saturated carbocycles. The van der Waals surface area contributed by atoms with Crippen molar-refractivity contribution in [2.75, 3.05) is 19.5 Å². The second-order valence-corrected chi connectivity index (χ2v) is 5.85. The van der Waals surface area contributed by atoms with Gasteiger partial charge >= 0.3 is 12.3 Å². The number of nitrogens with zero attached hydrogens (tertiary/aromatic N) is 1. The molecule has 0 aliphatic carbocycles. The predicted molar refractivity (Wildman–Crippen MR) is 105 cm³/mol. The van der Waals surface area contributed by atoms with Gasteiger partial charge in [-0.2, -0.15) is 0 Å². The van der Waals surface area contributed by atoms with Crippen molar-refractivity contribution in [1.29, 1.82) is 0 Å². The fourth-order valence-electron chi connectivity index (χ4n) is 2.17. The van der Waals surface area contributed by atoms with Gasteiger partial charge in [-0.15, -0.1) is 0 Å². The monoisotopic (exact) mass is 368 g/mol. The number of benzene rings is 2. The molecule has 142 valence electrons. The maximum Gasteiger partial charge on any atom is 0.345 e. The highest BCUT2D eigenvalue weighted by atomic mass is 16.7. The minimum atomic E-state index is -0.773. The molecular weight excluding hydrogens is 344 g/mol. The number of anilines is 1. The van der Waals surface area contributed by atoms with E-state index in [2.05, 4.69) is 17.2 Å². The van der Waals surface area contributed by atoms with Gasteiger partial charge in [0.25, 0.3) is 0 Å². The van der Waals surface area contributed by atoms with E-state index in [1.165, 1.54) is 19.7 Å². The summed E-state index contributed by atoms with van der Waals surface area (Å²) in [5.41, 5.74) is 2.88. The Morgan fingerprint density at radius 1 is 1.07 bits per heavy atom. The molecule has 0 spiro atoms. The van der Waals surface area contributed by atoms with E-state index < -0.39 is 12.3 Å². The summed E-state index contributed by atoms with van der Waals surface area (Å²) in [4.78, 5) is 16.7. The van der Waals surface area contributed by atoms with Gasteiger partial charge in [-0.05, 0) is 62.1 Å². The lowest BCUT2D eigenvalue weighted by Crippen LogP contribution is -2.30. The Bertz CT molecular complexity index is 855. The Morgan fingerprint density at radius 2 is 1.78 bits per heavy atom. The summed E-state index contributed by atoms with van der Waals surface area (Å²) in [5.74, 6) is 6.90. The van der Waals surface area contributed by atoms with Gasteiger partial charge < -0.3 is 14.8 Å². The van der Waals surface area contributed by atoms with Gasteiger partial charge in [0.1, 0.15) is 11.5 Å². The first kappa shape index (κ1) is 20.1. The molecule has 6 heteroatoms. The van der Waals surface area contributed by atoms with Crippen LogP contribution in [-0.4, -0.2) is 31.5 Å². The second-order valence-electron chi connectivity index (χ2n) is 5.85. The first-order chi connectivity index (χ1) is 12.9. The van der Waals surface area contributed by atoms with Crippen LogP contribution >= 0.6 is 0 Å². The Kier molecular flexibility index (Phi) is 7.09. The number of amides is 2. The van der Waals surface area contributed by atoms with Crippen LogP contribution in [0.4, 0.5) is 10.5 Å². The number of hydrogen-bond donors (Lipinski definition) is 1. The van der Waals surface area contributed by atoms with Crippen molar-refractivity contribution in [3.63, 3.8) is 0 Å². The summed E-state index contributed by atoms with van der Waals surface area (Å²) in [6.07, 6.45) is -0.773. The quantitative estimate of drug-likeness (QED) is 0.473. The first-order valence-corrected chi connectivity index (χ1v) is 8.44. The maximum atomic E-state index is 11.9. The molecule has 0 saturated heterocycles. The van der Waals surface area contributed by atoms with Gasteiger partial charge in [-0.3, -0.25) is 4.84 Å². The van der Waals surface area contributed by atoms with Crippen LogP contribution in [-0.2, 0) is 4.84 Å². The molecule has 1 unspecified atom stereocenters. The molecule has 6 nitrogen and oxygen atoms in total. The number of hydroxylamine groups is 2. The van der Waals surface area contributed by atoms with E-state index in [1.54, 1.807) is 31.2 Å². The minimum absolute atomic E-state index is 0.397. The average molecular weight is 368 g/mol. The van der Waals surface area contributed by atoms with Gasteiger partial charge in [-0.1, -0.05) is 18.1 Å². The molecule has 0 radical (unpaired) electrons. The zero-order valence-electron chi connectivity index (χ0n) is 16.2. The van der Waals surface area contributed by atoms with Gasteiger partial charge in [0.05, 0.1) is 7.11 Å². The van der Waals surface area contributed by atoms with Gasteiger partial charge in [0.15, 0.2) is 0 Å². The van der Waals surface area contributed by atoms with E-state index in [0.717, 1.165) is 10.6 Å². The molecule has 27 heavy (non-hydrogen) atoms. The molecule has 0 aliphatic heterocycles. The highest BCUT2D eigenvalue weighted by molar-refractivity contribution is 5.88. The molecule has 2 aromatic carbocycles. The normalized spacial score (nSPS) is 11.0. The number of ether oxygens (including phenoxy) is 2. The molecule has 0 fully saturated rings.